The van der Waals surface area contributed by atoms with Crippen LogP contribution in [0.5, 0.6) is 0 Å². The summed E-state index contributed by atoms with van der Waals surface area (Å²) >= 11 is 0. The molecule has 4 aliphatic rings. The molecule has 1 spiro atoms. The third kappa shape index (κ3) is 3.93. The van der Waals surface area contributed by atoms with Crippen LogP contribution in [0.2, 0.25) is 0 Å². The van der Waals surface area contributed by atoms with Crippen LogP contribution in [0.3, 0.4) is 0 Å². The second kappa shape index (κ2) is 9.19. The quantitative estimate of drug-likeness (QED) is 0.383. The van der Waals surface area contributed by atoms with Gasteiger partial charge in [-0.05, 0) is 80.6 Å². The lowest BCUT2D eigenvalue weighted by atomic mass is 9.60. The lowest BCUT2D eigenvalue weighted by Crippen LogP contribution is -2.59. The van der Waals surface area contributed by atoms with Gasteiger partial charge < -0.3 is 9.84 Å². The van der Waals surface area contributed by atoms with Crippen LogP contribution in [0, 0.1) is 17.3 Å². The summed E-state index contributed by atoms with van der Waals surface area (Å²) in [6.07, 6.45) is 13.8. The molecular weight excluding hydrogens is 432 g/mol. The van der Waals surface area contributed by atoms with Gasteiger partial charge in [0.1, 0.15) is 0 Å². The molecule has 0 unspecified atom stereocenters. The van der Waals surface area contributed by atoms with Crippen molar-refractivity contribution in [1.29, 1.82) is 0 Å². The standard InChI is InChI=1S/C32H36O3/c33-29-26(21-23-11-4-1-5-12-23)19-20-31(29)22-27-17-10-18-28(24-13-6-2-7-14-24)32(27,34)35-30(31)25-15-8-3-9-16-25/h1,3-5,8-9,11-13,15-16,21,27-28,30,34H,2,6-7,10,14,17-20,22H2/b26-21+/t27-,28+,30+,31+,32+/m0/s1. The maximum atomic E-state index is 14.2. The molecule has 0 amide bonds. The number of ketones is 1. The number of benzene rings is 2. The summed E-state index contributed by atoms with van der Waals surface area (Å²) in [6.45, 7) is 0. The molecular formula is C32H36O3. The second-order valence-electron chi connectivity index (χ2n) is 11.1. The van der Waals surface area contributed by atoms with Crippen molar-refractivity contribution in [2.45, 2.75) is 76.1 Å². The Morgan fingerprint density at radius 2 is 1.69 bits per heavy atom. The van der Waals surface area contributed by atoms with E-state index in [1.807, 2.05) is 36.4 Å². The lowest BCUT2D eigenvalue weighted by Gasteiger charge is -2.56. The number of allylic oxidation sites excluding steroid dienone is 2. The van der Waals surface area contributed by atoms with Crippen LogP contribution in [0.15, 0.2) is 77.9 Å². The van der Waals surface area contributed by atoms with Crippen molar-refractivity contribution in [2.75, 3.05) is 0 Å². The average molecular weight is 469 g/mol. The third-order valence-corrected chi connectivity index (χ3v) is 9.15. The first-order valence-corrected chi connectivity index (χ1v) is 13.5. The molecule has 3 heteroatoms. The minimum Gasteiger partial charge on any atom is -0.365 e. The van der Waals surface area contributed by atoms with Crippen molar-refractivity contribution in [3.8, 4) is 0 Å². The van der Waals surface area contributed by atoms with E-state index in [-0.39, 0.29) is 17.6 Å². The van der Waals surface area contributed by atoms with Crippen LogP contribution in [0.4, 0.5) is 0 Å². The van der Waals surface area contributed by atoms with Gasteiger partial charge in [0.15, 0.2) is 11.6 Å². The molecule has 1 saturated heterocycles. The van der Waals surface area contributed by atoms with Crippen LogP contribution < -0.4 is 0 Å². The molecule has 0 aromatic heterocycles. The van der Waals surface area contributed by atoms with Gasteiger partial charge in [0.2, 0.25) is 0 Å². The molecule has 1 aliphatic heterocycles. The molecule has 6 rings (SSSR count). The lowest BCUT2D eigenvalue weighted by molar-refractivity contribution is -0.340. The molecule has 3 nitrogen and oxygen atoms in total. The molecule has 182 valence electrons. The van der Waals surface area contributed by atoms with E-state index in [0.717, 1.165) is 61.6 Å². The van der Waals surface area contributed by atoms with E-state index in [0.29, 0.717) is 6.42 Å². The van der Waals surface area contributed by atoms with Gasteiger partial charge in [-0.1, -0.05) is 78.7 Å². The number of rotatable bonds is 3. The number of fused-ring (bicyclic) bond motifs is 1. The minimum atomic E-state index is -1.20. The molecule has 35 heavy (non-hydrogen) atoms. The summed E-state index contributed by atoms with van der Waals surface area (Å²) in [5.74, 6) is -0.944. The predicted molar refractivity (Wildman–Crippen MR) is 138 cm³/mol. The minimum absolute atomic E-state index is 0.0101. The summed E-state index contributed by atoms with van der Waals surface area (Å²) < 4.78 is 6.90. The maximum Gasteiger partial charge on any atom is 0.175 e. The van der Waals surface area contributed by atoms with Gasteiger partial charge in [0, 0.05) is 11.8 Å². The average Bonchev–Trinajstić information content (AvgIpc) is 3.20. The van der Waals surface area contributed by atoms with E-state index in [1.165, 1.54) is 18.4 Å². The Bertz CT molecular complexity index is 1130. The van der Waals surface area contributed by atoms with Crippen molar-refractivity contribution in [2.24, 2.45) is 17.3 Å². The van der Waals surface area contributed by atoms with Crippen LogP contribution in [-0.2, 0) is 9.53 Å². The highest BCUT2D eigenvalue weighted by molar-refractivity contribution is 6.06. The largest absolute Gasteiger partial charge is 0.365 e. The highest BCUT2D eigenvalue weighted by Gasteiger charge is 2.63. The molecule has 2 aromatic rings. The Morgan fingerprint density at radius 3 is 2.43 bits per heavy atom. The highest BCUT2D eigenvalue weighted by Crippen LogP contribution is 2.62. The molecule has 0 radical (unpaired) electrons. The highest BCUT2D eigenvalue weighted by atomic mass is 16.6. The van der Waals surface area contributed by atoms with E-state index in [9.17, 15) is 9.90 Å². The number of carbonyl (C=O) groups is 1. The number of Topliss-reactive ketones (excluding diaryl/α,β-unsaturated/α-hetero) is 1. The van der Waals surface area contributed by atoms with Gasteiger partial charge in [-0.3, -0.25) is 4.79 Å². The fourth-order valence-corrected chi connectivity index (χ4v) is 7.42. The number of hydrogen-bond acceptors (Lipinski definition) is 3. The van der Waals surface area contributed by atoms with E-state index in [1.54, 1.807) is 0 Å². The molecule has 1 heterocycles. The molecule has 1 N–H and O–H groups in total. The van der Waals surface area contributed by atoms with Crippen molar-refractivity contribution >= 4 is 11.9 Å². The zero-order chi connectivity index (χ0) is 23.9. The molecule has 2 saturated carbocycles. The Labute approximate surface area is 208 Å². The molecule has 2 aromatic carbocycles. The third-order valence-electron chi connectivity index (χ3n) is 9.15. The van der Waals surface area contributed by atoms with Crippen LogP contribution in [0.1, 0.15) is 81.4 Å². The van der Waals surface area contributed by atoms with E-state index in [4.69, 9.17) is 4.74 Å². The number of aliphatic hydroxyl groups is 1. The topological polar surface area (TPSA) is 46.5 Å². The van der Waals surface area contributed by atoms with Crippen molar-refractivity contribution in [3.05, 3.63) is 89.0 Å². The normalized spacial score (nSPS) is 36.3. The van der Waals surface area contributed by atoms with E-state index >= 15 is 0 Å². The monoisotopic (exact) mass is 468 g/mol. The maximum absolute atomic E-state index is 14.2. The van der Waals surface area contributed by atoms with Gasteiger partial charge >= 0.3 is 0 Å². The number of ether oxygens (including phenoxy) is 1. The van der Waals surface area contributed by atoms with Crippen molar-refractivity contribution < 1.29 is 14.6 Å². The Balaban J connectivity index is 1.40. The summed E-state index contributed by atoms with van der Waals surface area (Å²) in [4.78, 5) is 14.2. The zero-order valence-electron chi connectivity index (χ0n) is 20.5. The second-order valence-corrected chi connectivity index (χ2v) is 11.1. The Morgan fingerprint density at radius 1 is 0.914 bits per heavy atom. The Hall–Kier alpha value is -2.49. The van der Waals surface area contributed by atoms with Crippen LogP contribution in [-0.4, -0.2) is 16.7 Å². The summed E-state index contributed by atoms with van der Waals surface area (Å²) in [5.41, 5.74) is 3.75. The van der Waals surface area contributed by atoms with Crippen molar-refractivity contribution in [3.63, 3.8) is 0 Å². The summed E-state index contributed by atoms with van der Waals surface area (Å²) in [5, 5.41) is 12.3. The van der Waals surface area contributed by atoms with Crippen molar-refractivity contribution in [1.82, 2.24) is 0 Å². The smallest absolute Gasteiger partial charge is 0.175 e. The molecule has 5 atom stereocenters. The predicted octanol–water partition coefficient (Wildman–Crippen LogP) is 7.19. The van der Waals surface area contributed by atoms with Crippen LogP contribution in [0.25, 0.3) is 6.08 Å². The van der Waals surface area contributed by atoms with Gasteiger partial charge in [-0.25, -0.2) is 0 Å². The van der Waals surface area contributed by atoms with Gasteiger partial charge in [0.25, 0.3) is 0 Å². The number of carbonyl (C=O) groups excluding carboxylic acids is 1. The van der Waals surface area contributed by atoms with E-state index < -0.39 is 17.3 Å². The first-order chi connectivity index (χ1) is 17.1. The summed E-state index contributed by atoms with van der Waals surface area (Å²) in [7, 11) is 0. The van der Waals surface area contributed by atoms with E-state index in [2.05, 4.69) is 36.4 Å². The zero-order valence-corrected chi connectivity index (χ0v) is 20.5. The van der Waals surface area contributed by atoms with Gasteiger partial charge in [0.05, 0.1) is 11.5 Å². The first kappa shape index (κ1) is 22.9. The molecule has 3 aliphatic carbocycles. The molecule has 3 fully saturated rings. The fourth-order valence-electron chi connectivity index (χ4n) is 7.42. The van der Waals surface area contributed by atoms with Gasteiger partial charge in [-0.15, -0.1) is 0 Å². The number of hydrogen-bond donors (Lipinski definition) is 1. The van der Waals surface area contributed by atoms with Gasteiger partial charge in [-0.2, -0.15) is 0 Å². The molecule has 0 bridgehead atoms. The Kier molecular flexibility index (Phi) is 6.02. The SMILES string of the molecule is O=C1/C(=C/c2ccccc2)CC[C@@]12C[C@@H]1CCC[C@H](C3=CCCCC3)[C@]1(O)O[C@@H]2c1ccccc1. The first-order valence-electron chi connectivity index (χ1n) is 13.5. The fraction of sp³-hybridized carbons (Fsp3) is 0.469. The summed E-state index contributed by atoms with van der Waals surface area (Å²) in [6, 6.07) is 20.3. The van der Waals surface area contributed by atoms with Crippen LogP contribution >= 0.6 is 0 Å².